The predicted molar refractivity (Wildman–Crippen MR) is 110 cm³/mol. The van der Waals surface area contributed by atoms with E-state index in [2.05, 4.69) is 22.2 Å². The van der Waals surface area contributed by atoms with Crippen molar-refractivity contribution in [2.24, 2.45) is 0 Å². The molecule has 0 radical (unpaired) electrons. The highest BCUT2D eigenvalue weighted by atomic mass is 35.5. The molecule has 0 bridgehead atoms. The Hall–Kier alpha value is -2.01. The first-order chi connectivity index (χ1) is 12.5. The van der Waals surface area contributed by atoms with Gasteiger partial charge < -0.3 is 15.1 Å². The van der Waals surface area contributed by atoms with Gasteiger partial charge in [0.1, 0.15) is 0 Å². The van der Waals surface area contributed by atoms with Crippen LogP contribution in [0.5, 0.6) is 0 Å². The molecule has 136 valence electrons. The van der Waals surface area contributed by atoms with E-state index >= 15 is 0 Å². The maximum Gasteiger partial charge on any atom is 0.248 e. The van der Waals surface area contributed by atoms with Gasteiger partial charge in [-0.05, 0) is 49.0 Å². The standard InChI is InChI=1S/C20H21Cl2N3O/c1-24-10-12-25(13-11-24)19-8-7-17(22)14-18(19)23-20(26)9-4-15-2-5-16(21)6-3-15/h2-9,14H,10-13H2,1H3,(H,23,26). The average Bonchev–Trinajstić information content (AvgIpc) is 2.62. The van der Waals surface area contributed by atoms with E-state index < -0.39 is 0 Å². The van der Waals surface area contributed by atoms with Crippen molar-refractivity contribution >= 4 is 46.6 Å². The van der Waals surface area contributed by atoms with Crippen LogP contribution in [-0.4, -0.2) is 44.0 Å². The summed E-state index contributed by atoms with van der Waals surface area (Å²) in [5.74, 6) is -0.197. The van der Waals surface area contributed by atoms with Gasteiger partial charge in [0.15, 0.2) is 0 Å². The molecule has 26 heavy (non-hydrogen) atoms. The molecule has 1 fully saturated rings. The van der Waals surface area contributed by atoms with Crippen LogP contribution in [0.1, 0.15) is 5.56 Å². The van der Waals surface area contributed by atoms with E-state index in [1.54, 1.807) is 24.3 Å². The molecular weight excluding hydrogens is 369 g/mol. The zero-order chi connectivity index (χ0) is 18.5. The third kappa shape index (κ3) is 5.01. The number of piperazine rings is 1. The molecule has 0 atom stereocenters. The van der Waals surface area contributed by atoms with Crippen LogP contribution < -0.4 is 10.2 Å². The van der Waals surface area contributed by atoms with Crippen molar-refractivity contribution in [2.75, 3.05) is 43.4 Å². The number of likely N-dealkylation sites (N-methyl/N-ethyl adjacent to an activating group) is 1. The van der Waals surface area contributed by atoms with E-state index in [9.17, 15) is 4.79 Å². The molecular formula is C20H21Cl2N3O. The van der Waals surface area contributed by atoms with E-state index in [4.69, 9.17) is 23.2 Å². The summed E-state index contributed by atoms with van der Waals surface area (Å²) in [6, 6.07) is 12.9. The number of anilines is 2. The summed E-state index contributed by atoms with van der Waals surface area (Å²) in [6.07, 6.45) is 3.27. The number of hydrogen-bond acceptors (Lipinski definition) is 3. The van der Waals surface area contributed by atoms with Gasteiger partial charge in [0.2, 0.25) is 5.91 Å². The van der Waals surface area contributed by atoms with E-state index in [0.29, 0.717) is 10.0 Å². The second-order valence-electron chi connectivity index (χ2n) is 6.33. The van der Waals surface area contributed by atoms with Crippen LogP contribution in [0.15, 0.2) is 48.5 Å². The summed E-state index contributed by atoms with van der Waals surface area (Å²) in [7, 11) is 2.11. The molecule has 0 aliphatic carbocycles. The van der Waals surface area contributed by atoms with E-state index in [0.717, 1.165) is 43.1 Å². The maximum absolute atomic E-state index is 12.4. The third-order valence-corrected chi connectivity index (χ3v) is 4.84. The van der Waals surface area contributed by atoms with Gasteiger partial charge in [-0.2, -0.15) is 0 Å². The molecule has 1 heterocycles. The summed E-state index contributed by atoms with van der Waals surface area (Å²) in [5, 5.41) is 4.22. The van der Waals surface area contributed by atoms with E-state index in [-0.39, 0.29) is 5.91 Å². The van der Waals surface area contributed by atoms with Crippen LogP contribution >= 0.6 is 23.2 Å². The maximum atomic E-state index is 12.4. The summed E-state index contributed by atoms with van der Waals surface area (Å²) in [6.45, 7) is 3.82. The first-order valence-corrected chi connectivity index (χ1v) is 9.24. The summed E-state index contributed by atoms with van der Waals surface area (Å²) in [4.78, 5) is 16.9. The Kier molecular flexibility index (Phi) is 6.20. The lowest BCUT2D eigenvalue weighted by Crippen LogP contribution is -2.44. The number of nitrogens with zero attached hydrogens (tertiary/aromatic N) is 2. The molecule has 1 amide bonds. The lowest BCUT2D eigenvalue weighted by molar-refractivity contribution is -0.111. The molecule has 1 aliphatic heterocycles. The number of hydrogen-bond donors (Lipinski definition) is 1. The van der Waals surface area contributed by atoms with Crippen LogP contribution in [0.4, 0.5) is 11.4 Å². The summed E-state index contributed by atoms with van der Waals surface area (Å²) < 4.78 is 0. The Morgan fingerprint density at radius 3 is 2.35 bits per heavy atom. The largest absolute Gasteiger partial charge is 0.367 e. The molecule has 0 unspecified atom stereocenters. The highest BCUT2D eigenvalue weighted by Gasteiger charge is 2.18. The van der Waals surface area contributed by atoms with Crippen LogP contribution in [-0.2, 0) is 4.79 Å². The van der Waals surface area contributed by atoms with Crippen molar-refractivity contribution in [3.8, 4) is 0 Å². The minimum absolute atomic E-state index is 0.197. The normalized spacial score (nSPS) is 15.4. The molecule has 1 saturated heterocycles. The van der Waals surface area contributed by atoms with Crippen LogP contribution in [0.3, 0.4) is 0 Å². The Bertz CT molecular complexity index is 797. The predicted octanol–water partition coefficient (Wildman–Crippen LogP) is 4.40. The molecule has 3 rings (SSSR count). The Labute approximate surface area is 164 Å². The Balaban J connectivity index is 1.72. The smallest absolute Gasteiger partial charge is 0.248 e. The number of benzene rings is 2. The molecule has 0 spiro atoms. The quantitative estimate of drug-likeness (QED) is 0.787. The van der Waals surface area contributed by atoms with Gasteiger partial charge in [-0.3, -0.25) is 4.79 Å². The molecule has 0 aromatic heterocycles. The van der Waals surface area contributed by atoms with Crippen molar-refractivity contribution in [1.29, 1.82) is 0 Å². The molecule has 1 aliphatic rings. The monoisotopic (exact) mass is 389 g/mol. The lowest BCUT2D eigenvalue weighted by atomic mass is 10.2. The molecule has 1 N–H and O–H groups in total. The minimum Gasteiger partial charge on any atom is -0.367 e. The van der Waals surface area contributed by atoms with Crippen LogP contribution in [0.25, 0.3) is 6.08 Å². The minimum atomic E-state index is -0.197. The second kappa shape index (κ2) is 8.58. The molecule has 0 saturated carbocycles. The van der Waals surface area contributed by atoms with E-state index in [1.807, 2.05) is 24.3 Å². The van der Waals surface area contributed by atoms with Gasteiger partial charge in [0.25, 0.3) is 0 Å². The Morgan fingerprint density at radius 1 is 1.00 bits per heavy atom. The Morgan fingerprint density at radius 2 is 1.65 bits per heavy atom. The molecule has 2 aromatic carbocycles. The lowest BCUT2D eigenvalue weighted by Gasteiger charge is -2.35. The third-order valence-electron chi connectivity index (χ3n) is 4.36. The van der Waals surface area contributed by atoms with Crippen molar-refractivity contribution in [1.82, 2.24) is 4.90 Å². The average molecular weight is 390 g/mol. The van der Waals surface area contributed by atoms with E-state index in [1.165, 1.54) is 6.08 Å². The SMILES string of the molecule is CN1CCN(c2ccc(Cl)cc2NC(=O)C=Cc2ccc(Cl)cc2)CC1. The second-order valence-corrected chi connectivity index (χ2v) is 7.20. The van der Waals surface area contributed by atoms with Gasteiger partial charge >= 0.3 is 0 Å². The number of halogens is 2. The van der Waals surface area contributed by atoms with Gasteiger partial charge in [0.05, 0.1) is 11.4 Å². The van der Waals surface area contributed by atoms with Crippen molar-refractivity contribution in [2.45, 2.75) is 0 Å². The highest BCUT2D eigenvalue weighted by molar-refractivity contribution is 6.31. The fourth-order valence-electron chi connectivity index (χ4n) is 2.85. The molecule has 6 heteroatoms. The van der Waals surface area contributed by atoms with Gasteiger partial charge in [-0.1, -0.05) is 35.3 Å². The topological polar surface area (TPSA) is 35.6 Å². The first-order valence-electron chi connectivity index (χ1n) is 8.49. The number of amides is 1. The fraction of sp³-hybridized carbons (Fsp3) is 0.250. The number of nitrogens with one attached hydrogen (secondary N) is 1. The number of rotatable bonds is 4. The first kappa shape index (κ1) is 18.8. The summed E-state index contributed by atoms with van der Waals surface area (Å²) in [5.41, 5.74) is 2.64. The summed E-state index contributed by atoms with van der Waals surface area (Å²) >= 11 is 12.0. The van der Waals surface area contributed by atoms with Crippen molar-refractivity contribution < 1.29 is 4.79 Å². The van der Waals surface area contributed by atoms with Crippen LogP contribution in [0, 0.1) is 0 Å². The highest BCUT2D eigenvalue weighted by Crippen LogP contribution is 2.30. The molecule has 2 aromatic rings. The van der Waals surface area contributed by atoms with Crippen molar-refractivity contribution in [3.05, 3.63) is 64.1 Å². The van der Waals surface area contributed by atoms with Gasteiger partial charge in [-0.15, -0.1) is 0 Å². The fourth-order valence-corrected chi connectivity index (χ4v) is 3.15. The van der Waals surface area contributed by atoms with Crippen LogP contribution in [0.2, 0.25) is 10.0 Å². The van der Waals surface area contributed by atoms with Gasteiger partial charge in [0, 0.05) is 42.3 Å². The van der Waals surface area contributed by atoms with Gasteiger partial charge in [-0.25, -0.2) is 0 Å². The molecule has 4 nitrogen and oxygen atoms in total. The number of carbonyl (C=O) groups excluding carboxylic acids is 1. The number of carbonyl (C=O) groups is 1. The van der Waals surface area contributed by atoms with Crippen molar-refractivity contribution in [3.63, 3.8) is 0 Å². The zero-order valence-electron chi connectivity index (χ0n) is 14.6. The zero-order valence-corrected chi connectivity index (χ0v) is 16.1.